The van der Waals surface area contributed by atoms with Crippen molar-refractivity contribution in [3.63, 3.8) is 0 Å². The normalized spacial score (nSPS) is 27.3. The number of amides is 3. The van der Waals surface area contributed by atoms with Crippen LogP contribution in [0.5, 0.6) is 17.2 Å². The minimum absolute atomic E-state index is 0.00236. The minimum atomic E-state index is -2.95. The zero-order chi connectivity index (χ0) is 91.6. The SMILES string of the molecule is CN(C)c1cc(I)c(O)c2c1CC1C(=C2O)C(=O)[C@]2(O)C(O)=C(C(N)=O)C(=O)[C@@H](N(C)C)C2C1O.CN(C)c1ccc(O)c2c1CC1C(=C2O)C(=O)[C@]2(O)C(O)=C(C(N)=O)C(=O)[C@@H](N(C)C)C2C1O.Cc1ccc(-c2cc(N(C)C)c3c(c2O)C(O)=C2C(=O)[C@]4(O)C(O)=C(C(N)=O)C(=O)[C@@H](N(C)C)C4C(O)C2C3)cc1.Cc1ccc(B(O)O)cc1.I[IH+]. The summed E-state index contributed by atoms with van der Waals surface area (Å²) in [5, 5.41) is 186. The Morgan fingerprint density at radius 3 is 1.03 bits per heavy atom. The number of hydrogen-bond donors (Lipinski definition) is 20. The van der Waals surface area contributed by atoms with Gasteiger partial charge in [-0.2, -0.15) is 0 Å². The zero-order valence-electron chi connectivity index (χ0n) is 68.4. The average Bonchev–Trinajstić information content (AvgIpc) is 0.698. The number of likely N-dealkylation sites (N-methyl/N-ethyl adjacent to an activating group) is 3. The summed E-state index contributed by atoms with van der Waals surface area (Å²) in [6.07, 6.45) is -4.88. The van der Waals surface area contributed by atoms with Crippen LogP contribution in [0.2, 0.25) is 0 Å². The molecule has 35 nitrogen and oxygen atoms in total. The lowest BCUT2D eigenvalue weighted by atomic mass is 9.56. The Bertz CT molecular complexity index is 5470. The number of carbonyl (C=O) groups excluding carboxylic acids is 9. The molecular formula is C83H96BI3N9O26+. The van der Waals surface area contributed by atoms with Crippen molar-refractivity contribution in [3.8, 4) is 28.4 Å². The van der Waals surface area contributed by atoms with Gasteiger partial charge in [0.1, 0.15) is 68.5 Å². The number of carbonyl (C=O) groups is 9. The number of halogens is 3. The van der Waals surface area contributed by atoms with Crippen molar-refractivity contribution in [1.29, 1.82) is 0 Å². The highest BCUT2D eigenvalue weighted by Gasteiger charge is 2.71. The highest BCUT2D eigenvalue weighted by Crippen LogP contribution is 2.59. The molecular weight excluding hydrogens is 1930 g/mol. The van der Waals surface area contributed by atoms with Gasteiger partial charge in [-0.05, 0) is 150 Å². The number of aromatic hydroxyl groups is 3. The largest absolute Gasteiger partial charge is 0.508 e. The molecule has 39 heteroatoms. The quantitative estimate of drug-likeness (QED) is 0.0353. The van der Waals surface area contributed by atoms with E-state index >= 15 is 0 Å². The molecule has 5 aromatic rings. The third kappa shape index (κ3) is 14.9. The third-order valence-corrected chi connectivity index (χ3v) is 25.2. The van der Waals surface area contributed by atoms with Crippen LogP contribution < -0.4 is 56.0 Å². The van der Waals surface area contributed by atoms with E-state index in [2.05, 4.69) is 18.6 Å². The van der Waals surface area contributed by atoms with Gasteiger partial charge >= 0.3 is 25.7 Å². The maximum atomic E-state index is 14.1. The molecule has 14 rings (SSSR count). The van der Waals surface area contributed by atoms with E-state index in [-0.39, 0.29) is 53.2 Å². The second-order valence-electron chi connectivity index (χ2n) is 32.7. The van der Waals surface area contributed by atoms with Gasteiger partial charge in [0.2, 0.25) is 17.3 Å². The van der Waals surface area contributed by atoms with Gasteiger partial charge in [0.15, 0.2) is 34.2 Å². The fourth-order valence-corrected chi connectivity index (χ4v) is 19.3. The van der Waals surface area contributed by atoms with Gasteiger partial charge in [0, 0.05) is 99.4 Å². The summed E-state index contributed by atoms with van der Waals surface area (Å²) in [4.78, 5) is 127. The van der Waals surface area contributed by atoms with E-state index in [1.54, 1.807) is 87.3 Å². The molecule has 0 spiro atoms. The molecule has 15 atom stereocenters. The van der Waals surface area contributed by atoms with Crippen LogP contribution in [0.15, 0.2) is 124 Å². The molecule has 0 heterocycles. The Morgan fingerprint density at radius 1 is 0.434 bits per heavy atom. The first-order valence-electron chi connectivity index (χ1n) is 37.7. The van der Waals surface area contributed by atoms with Crippen LogP contribution in [-0.4, -0.2) is 299 Å². The van der Waals surface area contributed by atoms with E-state index in [9.17, 15) is 120 Å². The second kappa shape index (κ2) is 34.8. The number of benzene rings is 5. The molecule has 5 aromatic carbocycles. The van der Waals surface area contributed by atoms with Crippen LogP contribution in [0.3, 0.4) is 0 Å². The Hall–Kier alpha value is -9.62. The number of aryl methyl sites for hydroxylation is 2. The first-order valence-corrected chi connectivity index (χ1v) is 45.6. The van der Waals surface area contributed by atoms with Gasteiger partial charge in [0.25, 0.3) is 36.3 Å². The topological polar surface area (TPSA) is 595 Å². The number of phenols is 3. The summed E-state index contributed by atoms with van der Waals surface area (Å²) in [5.74, 6) is -25.0. The van der Waals surface area contributed by atoms with Crippen molar-refractivity contribution in [2.45, 2.75) is 86.4 Å². The Morgan fingerprint density at radius 2 is 0.730 bits per heavy atom. The number of fused-ring (bicyclic) bond motifs is 9. The van der Waals surface area contributed by atoms with E-state index in [1.165, 1.54) is 63.1 Å². The van der Waals surface area contributed by atoms with Gasteiger partial charge < -0.3 is 119 Å². The van der Waals surface area contributed by atoms with Crippen LogP contribution in [0.25, 0.3) is 28.4 Å². The van der Waals surface area contributed by atoms with Crippen molar-refractivity contribution in [2.24, 2.45) is 52.7 Å². The number of hydrogen-bond acceptors (Lipinski definition) is 32. The first-order chi connectivity index (χ1) is 56.8. The van der Waals surface area contributed by atoms with Crippen molar-refractivity contribution in [1.82, 2.24) is 14.7 Å². The summed E-state index contributed by atoms with van der Waals surface area (Å²) in [6, 6.07) is 16.7. The molecule has 9 aliphatic rings. The summed E-state index contributed by atoms with van der Waals surface area (Å²) in [7, 11) is 18.0. The lowest BCUT2D eigenvalue weighted by Crippen LogP contribution is -3.24. The highest BCUT2D eigenvalue weighted by atomic mass is 128. The monoisotopic (exact) mass is 2030 g/mol. The molecule has 652 valence electrons. The van der Waals surface area contributed by atoms with Crippen LogP contribution in [-0.2, 0) is 62.4 Å². The van der Waals surface area contributed by atoms with Gasteiger partial charge in [-0.1, -0.05) is 59.7 Å². The molecule has 23 N–H and O–H groups in total. The number of aliphatic hydroxyl groups is 12. The van der Waals surface area contributed by atoms with Gasteiger partial charge in [0.05, 0.1) is 74.5 Å². The summed E-state index contributed by atoms with van der Waals surface area (Å²) < 4.78 is 0.394. The Labute approximate surface area is 736 Å². The summed E-state index contributed by atoms with van der Waals surface area (Å²) in [5.41, 5.74) is 9.95. The highest BCUT2D eigenvalue weighted by molar-refractivity contribution is 14.1. The smallest absolute Gasteiger partial charge is 0.488 e. The maximum Gasteiger partial charge on any atom is 0.488 e. The molecule has 3 amide bonds. The molecule has 3 saturated carbocycles. The number of primary amides is 3. The van der Waals surface area contributed by atoms with Crippen LogP contribution >= 0.6 is 41.2 Å². The molecule has 3 fully saturated rings. The van der Waals surface area contributed by atoms with Crippen molar-refractivity contribution < 1.29 is 148 Å². The van der Waals surface area contributed by atoms with Crippen molar-refractivity contribution in [2.75, 3.05) is 99.3 Å². The van der Waals surface area contributed by atoms with E-state index in [0.717, 1.165) is 11.1 Å². The van der Waals surface area contributed by atoms with Crippen molar-refractivity contribution in [3.05, 3.63) is 172 Å². The minimum Gasteiger partial charge on any atom is -0.508 e. The molecule has 9 unspecified atom stereocenters. The number of anilines is 3. The number of phenolic OH excluding ortho intramolecular Hbond substituents is 3. The van der Waals surface area contributed by atoms with E-state index in [4.69, 9.17) is 27.2 Å². The standard InChI is InChI=1S/C30H33N3O8.C23H26IN3O8.C23H27N3O8.C7H9BO2.HI2/c1-12-6-8-13(9-7-12)14-11-17(32(2)3)15-10-16-19(25(36)18(15)23(14)34)27(38)30(41)21(24(16)35)22(33(4)5)26(37)20(28(30)39)29(31)40;1-26(2)10-6-9(24)17(29)11-7(10)5-8-12(18(11)30)20(32)23(35)14(16(8)28)15(27(3)4)19(31)13(21(23)33)22(25)34;1-25(2)10-5-6-11(27)12-8(10)7-9-13(18(12)29)20(31)23(34)15(17(9)28)16(26(3)4)19(30)14(21(23)32)22(24)33;1-6-2-4-7(5-3-6)8(9)10;1-2/h6-9,11,16,21-22,24,34-36,39,41H,10H2,1-5H3,(H2,31,40);6,8,14-16,28-30,33,35H,5H2,1-4H3,(H2,25,34);5-6,9,15-17,27-29,32,34H,7H2,1-4H3,(H2,24,33);2-5,9-10H,1H3;1H/q;;;;+1/t16?,21?,22-,24?,30-;8?,14?,15-,16?,23-;9?,15?,16-,17?,23-;;/m000../s1. The fraction of sp³-hybridized carbons (Fsp3) is 0.386. The van der Waals surface area contributed by atoms with Gasteiger partial charge in [-0.15, -0.1) is 0 Å². The van der Waals surface area contributed by atoms with Gasteiger partial charge in [-0.3, -0.25) is 57.9 Å². The van der Waals surface area contributed by atoms with Crippen LogP contribution in [0, 0.1) is 52.9 Å². The molecule has 0 radical (unpaired) electrons. The molecule has 122 heavy (non-hydrogen) atoms. The fourth-order valence-electron chi connectivity index (χ4n) is 18.7. The number of ketones is 6. The number of aliphatic hydroxyl groups excluding tert-OH is 9. The molecule has 0 aromatic heterocycles. The number of nitrogens with zero attached hydrogens (tertiary/aromatic N) is 6. The molecule has 9 aliphatic carbocycles. The predicted octanol–water partition coefficient (Wildman–Crippen LogP) is -3.12. The molecule has 0 aliphatic heterocycles. The summed E-state index contributed by atoms with van der Waals surface area (Å²) >= 11 is 5.96. The van der Waals surface area contributed by atoms with Crippen LogP contribution in [0.4, 0.5) is 17.1 Å². The Balaban J connectivity index is 0.000000180. The van der Waals surface area contributed by atoms with Gasteiger partial charge in [-0.25, -0.2) is 0 Å². The average molecular weight is 2030 g/mol. The first kappa shape index (κ1) is 94.6. The summed E-state index contributed by atoms with van der Waals surface area (Å²) in [6.45, 7) is 3.87. The lowest BCUT2D eigenvalue weighted by Gasteiger charge is -2.52. The predicted molar refractivity (Wildman–Crippen MR) is 459 cm³/mol. The van der Waals surface area contributed by atoms with Crippen molar-refractivity contribution >= 4 is 141 Å². The molecule has 0 bridgehead atoms. The molecule has 0 saturated heterocycles. The van der Waals surface area contributed by atoms with E-state index in [1.807, 2.05) is 91.5 Å². The Kier molecular flexibility index (Phi) is 27.0. The lowest BCUT2D eigenvalue weighted by molar-refractivity contribution is -0.169. The maximum absolute atomic E-state index is 14.1. The third-order valence-electron chi connectivity index (χ3n) is 24.4. The number of nitrogens with two attached hydrogens (primary N) is 3. The van der Waals surface area contributed by atoms with E-state index < -0.39 is 216 Å². The second-order valence-corrected chi connectivity index (χ2v) is 33.8. The van der Waals surface area contributed by atoms with Crippen LogP contribution in [0.1, 0.15) is 44.5 Å². The number of rotatable bonds is 11. The number of Topliss-reactive ketones (excluding diaryl/α,β-unsaturated/α-hetero) is 6. The van der Waals surface area contributed by atoms with E-state index in [0.29, 0.717) is 53.9 Å². The zero-order valence-corrected chi connectivity index (χ0v) is 75.1.